The first-order valence-corrected chi connectivity index (χ1v) is 4.31. The van der Waals surface area contributed by atoms with Gasteiger partial charge in [-0.1, -0.05) is 28.1 Å². The summed E-state index contributed by atoms with van der Waals surface area (Å²) in [5.41, 5.74) is 6.74. The lowest BCUT2D eigenvalue weighted by atomic mass is 10.1. The van der Waals surface area contributed by atoms with Gasteiger partial charge in [-0.25, -0.2) is 0 Å². The van der Waals surface area contributed by atoms with Crippen LogP contribution in [0.4, 0.5) is 0 Å². The Morgan fingerprint density at radius 2 is 1.83 bits per heavy atom. The van der Waals surface area contributed by atoms with Gasteiger partial charge in [0.25, 0.3) is 0 Å². The molecule has 1 aromatic rings. The van der Waals surface area contributed by atoms with Gasteiger partial charge in [-0.15, -0.1) is 12.4 Å². The second kappa shape index (κ2) is 5.17. The number of hydrogen-bond donors (Lipinski definition) is 1. The third kappa shape index (κ3) is 2.83. The van der Waals surface area contributed by atoms with Crippen molar-refractivity contribution in [3.05, 3.63) is 35.4 Å². The molecule has 0 radical (unpaired) electrons. The zero-order chi connectivity index (χ0) is 8.27. The van der Waals surface area contributed by atoms with Crippen molar-refractivity contribution in [3.8, 4) is 0 Å². The van der Waals surface area contributed by atoms with Crippen molar-refractivity contribution in [1.29, 1.82) is 0 Å². The molecule has 66 valence electrons. The molecule has 0 saturated carbocycles. The maximum atomic E-state index is 10.6. The van der Waals surface area contributed by atoms with Crippen LogP contribution in [0.2, 0.25) is 0 Å². The van der Waals surface area contributed by atoms with Crippen LogP contribution < -0.4 is 5.73 Å². The van der Waals surface area contributed by atoms with Crippen molar-refractivity contribution in [2.45, 2.75) is 5.33 Å². The first-order valence-electron chi connectivity index (χ1n) is 3.18. The zero-order valence-electron chi connectivity index (χ0n) is 6.29. The Hall–Kier alpha value is -0.540. The highest BCUT2D eigenvalue weighted by Gasteiger charge is 1.97. The summed E-state index contributed by atoms with van der Waals surface area (Å²) in [6.45, 7) is 0. The fourth-order valence-corrected chi connectivity index (χ4v) is 1.13. The van der Waals surface area contributed by atoms with Gasteiger partial charge in [0.1, 0.15) is 0 Å². The van der Waals surface area contributed by atoms with Crippen LogP contribution in [0.25, 0.3) is 0 Å². The molecule has 0 fully saturated rings. The van der Waals surface area contributed by atoms with Gasteiger partial charge in [-0.2, -0.15) is 0 Å². The molecule has 0 bridgehead atoms. The lowest BCUT2D eigenvalue weighted by Crippen LogP contribution is -2.10. The molecule has 0 aliphatic carbocycles. The van der Waals surface area contributed by atoms with E-state index in [0.29, 0.717) is 5.56 Å². The molecule has 1 amide bonds. The van der Waals surface area contributed by atoms with Gasteiger partial charge in [-0.3, -0.25) is 4.79 Å². The highest BCUT2D eigenvalue weighted by atomic mass is 79.9. The van der Waals surface area contributed by atoms with Gasteiger partial charge in [0, 0.05) is 10.9 Å². The van der Waals surface area contributed by atoms with Crippen molar-refractivity contribution in [1.82, 2.24) is 0 Å². The third-order valence-corrected chi connectivity index (χ3v) is 2.04. The van der Waals surface area contributed by atoms with E-state index >= 15 is 0 Å². The quantitative estimate of drug-likeness (QED) is 0.803. The van der Waals surface area contributed by atoms with Gasteiger partial charge in [0.05, 0.1) is 0 Å². The summed E-state index contributed by atoms with van der Waals surface area (Å²) < 4.78 is 0. The zero-order valence-corrected chi connectivity index (χ0v) is 8.69. The normalized spacial score (nSPS) is 8.75. The van der Waals surface area contributed by atoms with Gasteiger partial charge >= 0.3 is 0 Å². The van der Waals surface area contributed by atoms with Gasteiger partial charge in [0.15, 0.2) is 0 Å². The molecular formula is C8H9BrClNO. The van der Waals surface area contributed by atoms with Crippen LogP contribution in [0.15, 0.2) is 24.3 Å². The Labute approximate surface area is 85.7 Å². The minimum atomic E-state index is -0.383. The SMILES string of the molecule is Cl.NC(=O)c1ccc(CBr)cc1. The van der Waals surface area contributed by atoms with Gasteiger partial charge in [-0.05, 0) is 17.7 Å². The number of amides is 1. The number of hydrogen-bond acceptors (Lipinski definition) is 1. The molecule has 2 nitrogen and oxygen atoms in total. The molecule has 0 atom stereocenters. The number of rotatable bonds is 2. The number of benzene rings is 1. The number of halogens is 2. The molecule has 1 rings (SSSR count). The Balaban J connectivity index is 0.00000121. The molecule has 0 unspecified atom stereocenters. The van der Waals surface area contributed by atoms with Crippen LogP contribution in [0.3, 0.4) is 0 Å². The van der Waals surface area contributed by atoms with Gasteiger partial charge in [0.2, 0.25) is 5.91 Å². The number of carbonyl (C=O) groups excluding carboxylic acids is 1. The fourth-order valence-electron chi connectivity index (χ4n) is 0.758. The van der Waals surface area contributed by atoms with E-state index in [1.165, 1.54) is 0 Å². The van der Waals surface area contributed by atoms with Crippen molar-refractivity contribution in [2.24, 2.45) is 5.73 Å². The number of carbonyl (C=O) groups is 1. The first kappa shape index (κ1) is 11.5. The van der Waals surface area contributed by atoms with E-state index in [9.17, 15) is 4.79 Å². The van der Waals surface area contributed by atoms with E-state index < -0.39 is 0 Å². The topological polar surface area (TPSA) is 43.1 Å². The minimum absolute atomic E-state index is 0. The molecule has 2 N–H and O–H groups in total. The largest absolute Gasteiger partial charge is 0.366 e. The second-order valence-electron chi connectivity index (χ2n) is 2.19. The van der Waals surface area contributed by atoms with Gasteiger partial charge < -0.3 is 5.73 Å². The van der Waals surface area contributed by atoms with E-state index in [2.05, 4.69) is 15.9 Å². The van der Waals surface area contributed by atoms with Crippen molar-refractivity contribution in [3.63, 3.8) is 0 Å². The predicted molar refractivity (Wildman–Crippen MR) is 54.8 cm³/mol. The molecular weight excluding hydrogens is 241 g/mol. The van der Waals surface area contributed by atoms with Crippen LogP contribution in [-0.2, 0) is 5.33 Å². The summed E-state index contributed by atoms with van der Waals surface area (Å²) in [5.74, 6) is -0.383. The molecule has 1 aromatic carbocycles. The van der Waals surface area contributed by atoms with Crippen molar-refractivity contribution in [2.75, 3.05) is 0 Å². The smallest absolute Gasteiger partial charge is 0.248 e. The summed E-state index contributed by atoms with van der Waals surface area (Å²) in [6.07, 6.45) is 0. The Morgan fingerprint density at radius 3 is 2.17 bits per heavy atom. The maximum Gasteiger partial charge on any atom is 0.248 e. The Morgan fingerprint density at radius 1 is 1.33 bits per heavy atom. The highest BCUT2D eigenvalue weighted by Crippen LogP contribution is 2.06. The van der Waals surface area contributed by atoms with Crippen molar-refractivity contribution < 1.29 is 4.79 Å². The summed E-state index contributed by atoms with van der Waals surface area (Å²) in [6, 6.07) is 7.18. The highest BCUT2D eigenvalue weighted by molar-refractivity contribution is 9.08. The molecule has 0 aromatic heterocycles. The summed E-state index contributed by atoms with van der Waals surface area (Å²) in [5, 5.41) is 0.798. The number of alkyl halides is 1. The molecule has 0 saturated heterocycles. The molecule has 4 heteroatoms. The Kier molecular flexibility index (Phi) is 4.93. The lowest BCUT2D eigenvalue weighted by Gasteiger charge is -1.96. The lowest BCUT2D eigenvalue weighted by molar-refractivity contribution is 0.100. The standard InChI is InChI=1S/C8H8BrNO.ClH/c9-5-6-1-3-7(4-2-6)8(10)11;/h1-4H,5H2,(H2,10,11);1H. The fraction of sp³-hybridized carbons (Fsp3) is 0.125. The molecule has 0 heterocycles. The summed E-state index contributed by atoms with van der Waals surface area (Å²) >= 11 is 3.30. The van der Waals surface area contributed by atoms with E-state index in [0.717, 1.165) is 10.9 Å². The van der Waals surface area contributed by atoms with E-state index in [1.54, 1.807) is 12.1 Å². The molecule has 0 aliphatic heterocycles. The number of primary amides is 1. The number of nitrogens with two attached hydrogens (primary N) is 1. The average molecular weight is 251 g/mol. The average Bonchev–Trinajstić information content (AvgIpc) is 2.05. The predicted octanol–water partition coefficient (Wildman–Crippen LogP) is 2.10. The van der Waals surface area contributed by atoms with E-state index in [-0.39, 0.29) is 18.3 Å². The second-order valence-corrected chi connectivity index (χ2v) is 2.76. The van der Waals surface area contributed by atoms with Crippen LogP contribution >= 0.6 is 28.3 Å². The first-order chi connectivity index (χ1) is 5.24. The van der Waals surface area contributed by atoms with E-state index in [1.807, 2.05) is 12.1 Å². The van der Waals surface area contributed by atoms with Crippen LogP contribution in [0.5, 0.6) is 0 Å². The van der Waals surface area contributed by atoms with Crippen LogP contribution in [-0.4, -0.2) is 5.91 Å². The molecule has 0 aliphatic rings. The molecule has 12 heavy (non-hydrogen) atoms. The Bertz CT molecular complexity index is 260. The maximum absolute atomic E-state index is 10.6. The van der Waals surface area contributed by atoms with Crippen LogP contribution in [0.1, 0.15) is 15.9 Å². The molecule has 0 spiro atoms. The minimum Gasteiger partial charge on any atom is -0.366 e. The van der Waals surface area contributed by atoms with Crippen LogP contribution in [0, 0.1) is 0 Å². The third-order valence-electron chi connectivity index (χ3n) is 1.39. The van der Waals surface area contributed by atoms with E-state index in [4.69, 9.17) is 5.73 Å². The summed E-state index contributed by atoms with van der Waals surface area (Å²) in [4.78, 5) is 10.6. The summed E-state index contributed by atoms with van der Waals surface area (Å²) in [7, 11) is 0. The van der Waals surface area contributed by atoms with Crippen molar-refractivity contribution >= 4 is 34.2 Å². The monoisotopic (exact) mass is 249 g/mol.